The van der Waals surface area contributed by atoms with E-state index < -0.39 is 10.0 Å². The van der Waals surface area contributed by atoms with Gasteiger partial charge >= 0.3 is 0 Å². The van der Waals surface area contributed by atoms with E-state index in [0.717, 1.165) is 55.9 Å². The van der Waals surface area contributed by atoms with E-state index >= 15 is 0 Å². The maximum absolute atomic E-state index is 13.2. The predicted octanol–water partition coefficient (Wildman–Crippen LogP) is 2.84. The average Bonchev–Trinajstić information content (AvgIpc) is 3.17. The molecule has 1 atom stereocenters. The summed E-state index contributed by atoms with van der Waals surface area (Å²) in [5, 5.41) is 8.75. The van der Waals surface area contributed by atoms with Crippen molar-refractivity contribution in [2.24, 2.45) is 0 Å². The van der Waals surface area contributed by atoms with Crippen molar-refractivity contribution in [1.29, 1.82) is 0 Å². The lowest BCUT2D eigenvalue weighted by Gasteiger charge is -2.24. The fourth-order valence-electron chi connectivity index (χ4n) is 3.89. The summed E-state index contributed by atoms with van der Waals surface area (Å²) in [5.74, 6) is 1.83. The number of aryl methyl sites for hydroxylation is 2. The highest BCUT2D eigenvalue weighted by Crippen LogP contribution is 2.36. The SMILES string of the molecule is Cc1ccc(S(=O)(=O)N2CCCC2c2nnc3n2CCCCC3)cc1. The van der Waals surface area contributed by atoms with Gasteiger partial charge in [0.15, 0.2) is 5.82 Å². The van der Waals surface area contributed by atoms with Crippen LogP contribution in [0.5, 0.6) is 0 Å². The molecule has 2 aromatic rings. The first kappa shape index (κ1) is 16.7. The van der Waals surface area contributed by atoms with Crippen molar-refractivity contribution in [2.45, 2.75) is 62.9 Å². The molecule has 1 aromatic carbocycles. The maximum atomic E-state index is 13.2. The first-order valence-electron chi connectivity index (χ1n) is 9.08. The van der Waals surface area contributed by atoms with Crippen LogP contribution in [0.3, 0.4) is 0 Å². The van der Waals surface area contributed by atoms with Gasteiger partial charge in [0.1, 0.15) is 5.82 Å². The second kappa shape index (κ2) is 6.53. The van der Waals surface area contributed by atoms with Crippen LogP contribution in [0.1, 0.15) is 55.4 Å². The van der Waals surface area contributed by atoms with Crippen molar-refractivity contribution < 1.29 is 8.42 Å². The van der Waals surface area contributed by atoms with Gasteiger partial charge in [0.05, 0.1) is 10.9 Å². The Morgan fingerprint density at radius 1 is 1.00 bits per heavy atom. The van der Waals surface area contributed by atoms with Gasteiger partial charge in [0, 0.05) is 19.5 Å². The van der Waals surface area contributed by atoms with E-state index in [9.17, 15) is 8.42 Å². The molecule has 0 amide bonds. The molecule has 6 nitrogen and oxygen atoms in total. The lowest BCUT2D eigenvalue weighted by molar-refractivity contribution is 0.370. The van der Waals surface area contributed by atoms with E-state index in [-0.39, 0.29) is 6.04 Å². The summed E-state index contributed by atoms with van der Waals surface area (Å²) in [5.41, 5.74) is 1.06. The van der Waals surface area contributed by atoms with Gasteiger partial charge in [-0.25, -0.2) is 8.42 Å². The molecule has 1 unspecified atom stereocenters. The summed E-state index contributed by atoms with van der Waals surface area (Å²) in [6, 6.07) is 6.89. The first-order valence-corrected chi connectivity index (χ1v) is 10.5. The third kappa shape index (κ3) is 3.00. The van der Waals surface area contributed by atoms with E-state index in [1.54, 1.807) is 16.4 Å². The standard InChI is InChI=1S/C18H24N4O2S/c1-14-8-10-15(11-9-14)25(23,24)22-13-5-6-16(22)18-20-19-17-7-3-2-4-12-21(17)18/h8-11,16H,2-7,12-13H2,1H3. The lowest BCUT2D eigenvalue weighted by atomic mass is 10.2. The number of hydrogen-bond donors (Lipinski definition) is 0. The number of benzene rings is 1. The molecule has 0 saturated carbocycles. The Morgan fingerprint density at radius 2 is 1.80 bits per heavy atom. The average molecular weight is 360 g/mol. The Hall–Kier alpha value is -1.73. The summed E-state index contributed by atoms with van der Waals surface area (Å²) < 4.78 is 30.1. The number of nitrogens with zero attached hydrogens (tertiary/aromatic N) is 4. The molecule has 7 heteroatoms. The van der Waals surface area contributed by atoms with Gasteiger partial charge < -0.3 is 4.57 Å². The molecular weight excluding hydrogens is 336 g/mol. The minimum Gasteiger partial charge on any atom is -0.314 e. The van der Waals surface area contributed by atoms with Crippen molar-refractivity contribution in [2.75, 3.05) is 6.54 Å². The van der Waals surface area contributed by atoms with Crippen LogP contribution in [-0.4, -0.2) is 34.0 Å². The molecule has 2 aliphatic rings. The minimum absolute atomic E-state index is 0.203. The molecular formula is C18H24N4O2S. The minimum atomic E-state index is -3.51. The first-order chi connectivity index (χ1) is 12.1. The normalized spacial score (nSPS) is 21.9. The second-order valence-electron chi connectivity index (χ2n) is 7.02. The third-order valence-electron chi connectivity index (χ3n) is 5.27. The smallest absolute Gasteiger partial charge is 0.243 e. The molecule has 3 heterocycles. The van der Waals surface area contributed by atoms with E-state index in [0.29, 0.717) is 11.4 Å². The van der Waals surface area contributed by atoms with Gasteiger partial charge in [-0.3, -0.25) is 0 Å². The van der Waals surface area contributed by atoms with Crippen LogP contribution in [0.25, 0.3) is 0 Å². The van der Waals surface area contributed by atoms with Crippen molar-refractivity contribution in [1.82, 2.24) is 19.1 Å². The molecule has 25 heavy (non-hydrogen) atoms. The van der Waals surface area contributed by atoms with Crippen molar-refractivity contribution in [3.8, 4) is 0 Å². The summed E-state index contributed by atoms with van der Waals surface area (Å²) in [6.45, 7) is 3.40. The van der Waals surface area contributed by atoms with E-state index in [4.69, 9.17) is 0 Å². The number of aromatic nitrogens is 3. The Balaban J connectivity index is 1.69. The number of hydrogen-bond acceptors (Lipinski definition) is 4. The number of rotatable bonds is 3. The molecule has 134 valence electrons. The summed E-state index contributed by atoms with van der Waals surface area (Å²) in [4.78, 5) is 0.362. The zero-order valence-corrected chi connectivity index (χ0v) is 15.4. The molecule has 1 aromatic heterocycles. The zero-order valence-electron chi connectivity index (χ0n) is 14.6. The summed E-state index contributed by atoms with van der Waals surface area (Å²) in [6.07, 6.45) is 6.04. The molecule has 0 aliphatic carbocycles. The summed E-state index contributed by atoms with van der Waals surface area (Å²) >= 11 is 0. The second-order valence-corrected chi connectivity index (χ2v) is 8.91. The van der Waals surface area contributed by atoms with Crippen LogP contribution in [-0.2, 0) is 23.0 Å². The molecule has 0 N–H and O–H groups in total. The quantitative estimate of drug-likeness (QED) is 0.844. The highest BCUT2D eigenvalue weighted by molar-refractivity contribution is 7.89. The van der Waals surface area contributed by atoms with Crippen molar-refractivity contribution >= 4 is 10.0 Å². The molecule has 0 bridgehead atoms. The molecule has 4 rings (SSSR count). The molecule has 1 saturated heterocycles. The van der Waals surface area contributed by atoms with E-state index in [1.165, 1.54) is 6.42 Å². The lowest BCUT2D eigenvalue weighted by Crippen LogP contribution is -2.32. The van der Waals surface area contributed by atoms with Gasteiger partial charge in [0.25, 0.3) is 0 Å². The molecule has 0 radical (unpaired) electrons. The van der Waals surface area contributed by atoms with Gasteiger partial charge in [0.2, 0.25) is 10.0 Å². The van der Waals surface area contributed by atoms with E-state index in [1.807, 2.05) is 19.1 Å². The number of sulfonamides is 1. The molecule has 2 aliphatic heterocycles. The largest absolute Gasteiger partial charge is 0.314 e. The van der Waals surface area contributed by atoms with Gasteiger partial charge in [-0.2, -0.15) is 4.31 Å². The fraction of sp³-hybridized carbons (Fsp3) is 0.556. The van der Waals surface area contributed by atoms with Crippen LogP contribution >= 0.6 is 0 Å². The Labute approximate surface area is 148 Å². The van der Waals surface area contributed by atoms with Crippen molar-refractivity contribution in [3.63, 3.8) is 0 Å². The van der Waals surface area contributed by atoms with E-state index in [2.05, 4.69) is 14.8 Å². The topological polar surface area (TPSA) is 68.1 Å². The highest BCUT2D eigenvalue weighted by atomic mass is 32.2. The Kier molecular flexibility index (Phi) is 4.37. The van der Waals surface area contributed by atoms with Crippen LogP contribution < -0.4 is 0 Å². The maximum Gasteiger partial charge on any atom is 0.243 e. The van der Waals surface area contributed by atoms with Crippen LogP contribution in [0.4, 0.5) is 0 Å². The van der Waals surface area contributed by atoms with Gasteiger partial charge in [-0.05, 0) is 44.7 Å². The van der Waals surface area contributed by atoms with Crippen LogP contribution in [0, 0.1) is 6.92 Å². The fourth-order valence-corrected chi connectivity index (χ4v) is 5.54. The van der Waals surface area contributed by atoms with Crippen LogP contribution in [0.15, 0.2) is 29.2 Å². The monoisotopic (exact) mass is 360 g/mol. The number of fused-ring (bicyclic) bond motifs is 1. The predicted molar refractivity (Wildman–Crippen MR) is 94.6 cm³/mol. The Bertz CT molecular complexity index is 858. The van der Waals surface area contributed by atoms with Gasteiger partial charge in [-0.15, -0.1) is 10.2 Å². The Morgan fingerprint density at radius 3 is 2.60 bits per heavy atom. The third-order valence-corrected chi connectivity index (χ3v) is 7.19. The summed E-state index contributed by atoms with van der Waals surface area (Å²) in [7, 11) is -3.51. The van der Waals surface area contributed by atoms with Crippen molar-refractivity contribution in [3.05, 3.63) is 41.5 Å². The zero-order chi connectivity index (χ0) is 17.4. The molecule has 1 fully saturated rings. The van der Waals surface area contributed by atoms with Gasteiger partial charge in [-0.1, -0.05) is 24.1 Å². The molecule has 0 spiro atoms. The highest BCUT2D eigenvalue weighted by Gasteiger charge is 2.39. The van der Waals surface area contributed by atoms with Crippen LogP contribution in [0.2, 0.25) is 0 Å².